The van der Waals surface area contributed by atoms with Crippen molar-refractivity contribution in [3.63, 3.8) is 0 Å². The van der Waals surface area contributed by atoms with Crippen LogP contribution >= 0.6 is 0 Å². The van der Waals surface area contributed by atoms with Crippen LogP contribution in [0.25, 0.3) is 0 Å². The first-order chi connectivity index (χ1) is 16.8. The second kappa shape index (κ2) is 10.8. The molecule has 2 amide bonds. The van der Waals surface area contributed by atoms with Gasteiger partial charge in [0.2, 0.25) is 21.8 Å². The van der Waals surface area contributed by atoms with Gasteiger partial charge in [0.15, 0.2) is 0 Å². The summed E-state index contributed by atoms with van der Waals surface area (Å²) < 4.78 is 28.5. The van der Waals surface area contributed by atoms with Crippen molar-refractivity contribution in [1.82, 2.24) is 19.1 Å². The SMILES string of the molecule is CC(C(=O)Nc1ccc(NC(=O)Cc2ccc(S(=O)(=O)N3CCCCC3)cc2)cc1)n1cncn1. The third kappa shape index (κ3) is 6.11. The average Bonchev–Trinajstić information content (AvgIpc) is 3.40. The van der Waals surface area contributed by atoms with Gasteiger partial charge in [-0.1, -0.05) is 18.6 Å². The van der Waals surface area contributed by atoms with Crippen LogP contribution in [0.4, 0.5) is 11.4 Å². The number of sulfonamides is 1. The molecule has 10 nitrogen and oxygen atoms in total. The molecule has 0 saturated carbocycles. The second-order valence-corrected chi connectivity index (χ2v) is 10.4. The van der Waals surface area contributed by atoms with Crippen LogP contribution in [0.3, 0.4) is 0 Å². The highest BCUT2D eigenvalue weighted by Gasteiger charge is 2.25. The molecule has 1 aliphatic heterocycles. The van der Waals surface area contributed by atoms with Crippen molar-refractivity contribution in [3.05, 3.63) is 66.7 Å². The number of rotatable bonds is 8. The summed E-state index contributed by atoms with van der Waals surface area (Å²) in [7, 11) is -3.49. The van der Waals surface area contributed by atoms with Crippen LogP contribution < -0.4 is 10.6 Å². The summed E-state index contributed by atoms with van der Waals surface area (Å²) in [6, 6.07) is 12.7. The summed E-state index contributed by atoms with van der Waals surface area (Å²) >= 11 is 0. The minimum absolute atomic E-state index is 0.109. The van der Waals surface area contributed by atoms with E-state index in [0.717, 1.165) is 19.3 Å². The third-order valence-electron chi connectivity index (χ3n) is 5.89. The maximum Gasteiger partial charge on any atom is 0.249 e. The minimum atomic E-state index is -3.49. The van der Waals surface area contributed by atoms with Crippen molar-refractivity contribution in [2.24, 2.45) is 0 Å². The van der Waals surface area contributed by atoms with Crippen LogP contribution in [0, 0.1) is 0 Å². The number of amides is 2. The molecule has 184 valence electrons. The topological polar surface area (TPSA) is 126 Å². The highest BCUT2D eigenvalue weighted by molar-refractivity contribution is 7.89. The fourth-order valence-electron chi connectivity index (χ4n) is 3.85. The lowest BCUT2D eigenvalue weighted by Crippen LogP contribution is -2.35. The van der Waals surface area contributed by atoms with E-state index in [1.54, 1.807) is 55.5 Å². The zero-order valence-corrected chi connectivity index (χ0v) is 20.2. The Morgan fingerprint density at radius 2 is 1.57 bits per heavy atom. The van der Waals surface area contributed by atoms with E-state index in [-0.39, 0.29) is 23.1 Å². The summed E-state index contributed by atoms with van der Waals surface area (Å²) in [6.45, 7) is 2.82. The third-order valence-corrected chi connectivity index (χ3v) is 7.80. The molecule has 1 atom stereocenters. The molecule has 2 N–H and O–H groups in total. The molecule has 1 aliphatic rings. The molecule has 1 saturated heterocycles. The van der Waals surface area contributed by atoms with Gasteiger partial charge in [-0.2, -0.15) is 9.40 Å². The van der Waals surface area contributed by atoms with Gasteiger partial charge in [-0.3, -0.25) is 9.59 Å². The lowest BCUT2D eigenvalue weighted by atomic mass is 10.1. The number of benzene rings is 2. The molecular weight excluding hydrogens is 468 g/mol. The molecular formula is C24H28N6O4S. The molecule has 2 heterocycles. The Balaban J connectivity index is 1.30. The van der Waals surface area contributed by atoms with Crippen molar-refractivity contribution in [3.8, 4) is 0 Å². The molecule has 4 rings (SSSR count). The number of hydrogen-bond acceptors (Lipinski definition) is 6. The van der Waals surface area contributed by atoms with Crippen LogP contribution in [-0.2, 0) is 26.0 Å². The van der Waals surface area contributed by atoms with Gasteiger partial charge in [-0.05, 0) is 61.7 Å². The first-order valence-electron chi connectivity index (χ1n) is 11.5. The molecule has 1 unspecified atom stereocenters. The highest BCUT2D eigenvalue weighted by atomic mass is 32.2. The highest BCUT2D eigenvalue weighted by Crippen LogP contribution is 2.21. The van der Waals surface area contributed by atoms with E-state index >= 15 is 0 Å². The van der Waals surface area contributed by atoms with E-state index in [0.29, 0.717) is 30.0 Å². The normalized spacial score (nSPS) is 15.3. The number of nitrogens with zero attached hydrogens (tertiary/aromatic N) is 4. The Kier molecular flexibility index (Phi) is 7.57. The maximum atomic E-state index is 12.8. The second-order valence-electron chi connectivity index (χ2n) is 8.45. The number of carbonyl (C=O) groups excluding carboxylic acids is 2. The van der Waals surface area contributed by atoms with Gasteiger partial charge in [0.05, 0.1) is 11.3 Å². The molecule has 0 radical (unpaired) electrons. The van der Waals surface area contributed by atoms with Gasteiger partial charge in [-0.25, -0.2) is 18.1 Å². The minimum Gasteiger partial charge on any atom is -0.326 e. The molecule has 0 aliphatic carbocycles. The van der Waals surface area contributed by atoms with Gasteiger partial charge in [0.1, 0.15) is 18.7 Å². The van der Waals surface area contributed by atoms with E-state index in [1.165, 1.54) is 21.6 Å². The number of anilines is 2. The number of piperidine rings is 1. The van der Waals surface area contributed by atoms with Gasteiger partial charge < -0.3 is 10.6 Å². The average molecular weight is 497 g/mol. The lowest BCUT2D eigenvalue weighted by Gasteiger charge is -2.25. The van der Waals surface area contributed by atoms with Gasteiger partial charge in [-0.15, -0.1) is 0 Å². The number of hydrogen-bond donors (Lipinski definition) is 2. The summed E-state index contributed by atoms with van der Waals surface area (Å²) in [5.41, 5.74) is 1.89. The van der Waals surface area contributed by atoms with Crippen LogP contribution in [0.5, 0.6) is 0 Å². The van der Waals surface area contributed by atoms with Gasteiger partial charge >= 0.3 is 0 Å². The van der Waals surface area contributed by atoms with Crippen molar-refractivity contribution in [1.29, 1.82) is 0 Å². The summed E-state index contributed by atoms with van der Waals surface area (Å²) in [4.78, 5) is 28.9. The Hall–Kier alpha value is -3.57. The monoisotopic (exact) mass is 496 g/mol. The van der Waals surface area contributed by atoms with Crippen molar-refractivity contribution in [2.75, 3.05) is 23.7 Å². The Labute approximate surface area is 204 Å². The Morgan fingerprint density at radius 1 is 0.943 bits per heavy atom. The van der Waals surface area contributed by atoms with Crippen molar-refractivity contribution < 1.29 is 18.0 Å². The molecule has 2 aromatic carbocycles. The summed E-state index contributed by atoms with van der Waals surface area (Å²) in [6.07, 6.45) is 5.77. The number of nitrogens with one attached hydrogen (secondary N) is 2. The first-order valence-corrected chi connectivity index (χ1v) is 12.9. The zero-order chi connectivity index (χ0) is 24.8. The van der Waals surface area contributed by atoms with E-state index in [1.807, 2.05) is 0 Å². The molecule has 1 fully saturated rings. The largest absolute Gasteiger partial charge is 0.326 e. The van der Waals surface area contributed by atoms with Crippen LogP contribution in [0.2, 0.25) is 0 Å². The number of carbonyl (C=O) groups is 2. The van der Waals surface area contributed by atoms with Gasteiger partial charge in [0, 0.05) is 24.5 Å². The van der Waals surface area contributed by atoms with Crippen LogP contribution in [0.15, 0.2) is 66.1 Å². The predicted molar refractivity (Wildman–Crippen MR) is 131 cm³/mol. The van der Waals surface area contributed by atoms with E-state index in [4.69, 9.17) is 0 Å². The van der Waals surface area contributed by atoms with Gasteiger partial charge in [0.25, 0.3) is 0 Å². The summed E-state index contributed by atoms with van der Waals surface area (Å²) in [5, 5.41) is 9.57. The number of aromatic nitrogens is 3. The molecule has 0 spiro atoms. The summed E-state index contributed by atoms with van der Waals surface area (Å²) in [5.74, 6) is -0.466. The molecule has 3 aromatic rings. The van der Waals surface area contributed by atoms with Crippen LogP contribution in [-0.4, -0.2) is 52.4 Å². The maximum absolute atomic E-state index is 12.8. The fraction of sp³-hybridized carbons (Fsp3) is 0.333. The molecule has 0 bridgehead atoms. The van der Waals surface area contributed by atoms with Crippen molar-refractivity contribution >= 4 is 33.2 Å². The van der Waals surface area contributed by atoms with E-state index in [2.05, 4.69) is 20.7 Å². The molecule has 11 heteroatoms. The Morgan fingerprint density at radius 3 is 2.17 bits per heavy atom. The Bertz CT molecular complexity index is 1250. The molecule has 35 heavy (non-hydrogen) atoms. The van der Waals surface area contributed by atoms with Crippen LogP contribution in [0.1, 0.15) is 37.8 Å². The smallest absolute Gasteiger partial charge is 0.249 e. The predicted octanol–water partition coefficient (Wildman–Crippen LogP) is 2.83. The lowest BCUT2D eigenvalue weighted by molar-refractivity contribution is -0.119. The molecule has 1 aromatic heterocycles. The first kappa shape index (κ1) is 24.6. The van der Waals surface area contributed by atoms with Crippen molar-refractivity contribution in [2.45, 2.75) is 43.5 Å². The fourth-order valence-corrected chi connectivity index (χ4v) is 5.36. The van der Waals surface area contributed by atoms with E-state index in [9.17, 15) is 18.0 Å². The zero-order valence-electron chi connectivity index (χ0n) is 19.4. The quantitative estimate of drug-likeness (QED) is 0.494. The van der Waals surface area contributed by atoms with E-state index < -0.39 is 16.1 Å². The standard InChI is InChI=1S/C24H28N6O4S/c1-18(30-17-25-16-26-30)24(32)28-21-9-7-20(8-10-21)27-23(31)15-19-5-11-22(12-6-19)35(33,34)29-13-3-2-4-14-29/h5-12,16-18H,2-4,13-15H2,1H3,(H,27,31)(H,28,32).